The molecule has 0 amide bonds. The van der Waals surface area contributed by atoms with Gasteiger partial charge in [0.05, 0.1) is 23.7 Å². The van der Waals surface area contributed by atoms with Crippen molar-refractivity contribution < 1.29 is 9.90 Å². The van der Waals surface area contributed by atoms with Gasteiger partial charge >= 0.3 is 0 Å². The van der Waals surface area contributed by atoms with Crippen molar-refractivity contribution in [1.82, 2.24) is 9.55 Å². The first-order valence-electron chi connectivity index (χ1n) is 8.13. The van der Waals surface area contributed by atoms with Gasteiger partial charge in [0.25, 0.3) is 5.56 Å². The summed E-state index contributed by atoms with van der Waals surface area (Å²) in [6, 6.07) is 5.05. The van der Waals surface area contributed by atoms with E-state index in [9.17, 15) is 14.7 Å². The number of aliphatic carboxylic acids is 1. The number of hydrogen-bond acceptors (Lipinski definition) is 5. The van der Waals surface area contributed by atoms with Crippen LogP contribution in [0.1, 0.15) is 35.4 Å². The second-order valence-corrected chi connectivity index (χ2v) is 7.42. The van der Waals surface area contributed by atoms with E-state index in [0.29, 0.717) is 10.2 Å². The normalized spacial score (nSPS) is 12.5. The fraction of sp³-hybridized carbons (Fsp3) is 0.316. The average Bonchev–Trinajstić information content (AvgIpc) is 2.89. The topological polar surface area (TPSA) is 75.0 Å². The summed E-state index contributed by atoms with van der Waals surface area (Å²) in [5, 5.41) is 11.8. The van der Waals surface area contributed by atoms with Crippen LogP contribution >= 0.6 is 11.3 Å². The Morgan fingerprint density at radius 2 is 2.00 bits per heavy atom. The van der Waals surface area contributed by atoms with Crippen LogP contribution in [0.5, 0.6) is 0 Å². The molecule has 0 saturated carbocycles. The van der Waals surface area contributed by atoms with E-state index in [0.717, 1.165) is 21.6 Å². The number of carboxylic acids is 1. The summed E-state index contributed by atoms with van der Waals surface area (Å²) in [5.74, 6) is -1.27. The minimum atomic E-state index is -1.27. The molecule has 0 bridgehead atoms. The zero-order chi connectivity index (χ0) is 18.3. The molecule has 1 atom stereocenters. The van der Waals surface area contributed by atoms with Crippen LogP contribution in [0.2, 0.25) is 0 Å². The molecule has 5 nitrogen and oxygen atoms in total. The standard InChI is InChI=1S/C19H20N2O3S/c1-5-14(19(23)24)21-9-20-17-16(18(21)22)15(12(4)25-17)13-7-6-10(2)11(3)8-13/h6-9,14H,5H2,1-4H3,(H,23,24)/p-1/t14-/m0/s1. The number of fused-ring (bicyclic) bond motifs is 1. The predicted molar refractivity (Wildman–Crippen MR) is 97.9 cm³/mol. The monoisotopic (exact) mass is 355 g/mol. The van der Waals surface area contributed by atoms with Crippen LogP contribution < -0.4 is 10.7 Å². The van der Waals surface area contributed by atoms with Gasteiger partial charge in [-0.3, -0.25) is 9.36 Å². The van der Waals surface area contributed by atoms with Crippen molar-refractivity contribution in [3.63, 3.8) is 0 Å². The number of carboxylic acid groups (broad SMARTS) is 1. The van der Waals surface area contributed by atoms with E-state index in [1.807, 2.05) is 32.9 Å². The Morgan fingerprint density at radius 3 is 2.60 bits per heavy atom. The highest BCUT2D eigenvalue weighted by Gasteiger charge is 2.20. The van der Waals surface area contributed by atoms with Crippen molar-refractivity contribution in [3.05, 3.63) is 50.9 Å². The molecule has 2 aromatic heterocycles. The first-order valence-corrected chi connectivity index (χ1v) is 8.95. The summed E-state index contributed by atoms with van der Waals surface area (Å²) in [5.41, 5.74) is 3.77. The Bertz CT molecular complexity index is 1030. The van der Waals surface area contributed by atoms with Crippen LogP contribution in [0.15, 0.2) is 29.3 Å². The molecule has 0 N–H and O–H groups in total. The number of carbonyl (C=O) groups is 1. The van der Waals surface area contributed by atoms with Gasteiger partial charge in [0.1, 0.15) is 4.83 Å². The molecule has 0 unspecified atom stereocenters. The Hall–Kier alpha value is -2.47. The Kier molecular flexibility index (Phi) is 4.47. The number of thiophene rings is 1. The molecule has 0 spiro atoms. The van der Waals surface area contributed by atoms with Gasteiger partial charge in [-0.25, -0.2) is 4.98 Å². The lowest BCUT2D eigenvalue weighted by Crippen LogP contribution is -2.37. The second-order valence-electron chi connectivity index (χ2n) is 6.21. The van der Waals surface area contributed by atoms with Gasteiger partial charge in [0.15, 0.2) is 0 Å². The Balaban J connectivity index is 2.33. The highest BCUT2D eigenvalue weighted by molar-refractivity contribution is 7.19. The minimum Gasteiger partial charge on any atom is -0.548 e. The van der Waals surface area contributed by atoms with Crippen LogP contribution in [0.4, 0.5) is 0 Å². The molecule has 3 aromatic rings. The van der Waals surface area contributed by atoms with E-state index >= 15 is 0 Å². The maximum absolute atomic E-state index is 13.0. The summed E-state index contributed by atoms with van der Waals surface area (Å²) in [4.78, 5) is 30.3. The van der Waals surface area contributed by atoms with Gasteiger partial charge in [-0.05, 0) is 43.9 Å². The van der Waals surface area contributed by atoms with Gasteiger partial charge in [0, 0.05) is 10.4 Å². The first-order chi connectivity index (χ1) is 11.8. The van der Waals surface area contributed by atoms with Crippen LogP contribution in [0.3, 0.4) is 0 Å². The quantitative estimate of drug-likeness (QED) is 0.721. The van der Waals surface area contributed by atoms with E-state index in [1.54, 1.807) is 6.92 Å². The maximum atomic E-state index is 13.0. The third-order valence-electron chi connectivity index (χ3n) is 4.60. The molecule has 3 rings (SSSR count). The average molecular weight is 355 g/mol. The maximum Gasteiger partial charge on any atom is 0.263 e. The third kappa shape index (κ3) is 2.87. The molecule has 0 aliphatic carbocycles. The van der Waals surface area contributed by atoms with E-state index in [1.165, 1.54) is 27.8 Å². The fourth-order valence-corrected chi connectivity index (χ4v) is 4.06. The van der Waals surface area contributed by atoms with Crippen LogP contribution in [0, 0.1) is 20.8 Å². The second kappa shape index (κ2) is 6.44. The highest BCUT2D eigenvalue weighted by atomic mass is 32.1. The lowest BCUT2D eigenvalue weighted by molar-refractivity contribution is -0.310. The molecule has 0 aliphatic heterocycles. The van der Waals surface area contributed by atoms with Gasteiger partial charge < -0.3 is 9.90 Å². The van der Waals surface area contributed by atoms with E-state index in [-0.39, 0.29) is 12.0 Å². The number of benzene rings is 1. The molecule has 0 radical (unpaired) electrons. The first kappa shape index (κ1) is 17.4. The molecule has 6 heteroatoms. The molecular weight excluding hydrogens is 336 g/mol. The fourth-order valence-electron chi connectivity index (χ4n) is 3.06. The lowest BCUT2D eigenvalue weighted by atomic mass is 9.99. The van der Waals surface area contributed by atoms with Crippen molar-refractivity contribution in [2.45, 2.75) is 40.2 Å². The molecule has 0 fully saturated rings. The smallest absolute Gasteiger partial charge is 0.263 e. The van der Waals surface area contributed by atoms with Crippen molar-refractivity contribution in [3.8, 4) is 11.1 Å². The van der Waals surface area contributed by atoms with Gasteiger partial charge in [-0.1, -0.05) is 25.1 Å². The van der Waals surface area contributed by atoms with Crippen molar-refractivity contribution in [2.24, 2.45) is 0 Å². The van der Waals surface area contributed by atoms with Gasteiger partial charge in [-0.15, -0.1) is 11.3 Å². The molecule has 25 heavy (non-hydrogen) atoms. The van der Waals surface area contributed by atoms with E-state index in [2.05, 4.69) is 11.1 Å². The highest BCUT2D eigenvalue weighted by Crippen LogP contribution is 2.36. The van der Waals surface area contributed by atoms with Crippen molar-refractivity contribution >= 4 is 27.5 Å². The Labute approximate surface area is 149 Å². The van der Waals surface area contributed by atoms with Crippen LogP contribution in [-0.4, -0.2) is 15.5 Å². The van der Waals surface area contributed by atoms with Crippen LogP contribution in [0.25, 0.3) is 21.3 Å². The Morgan fingerprint density at radius 1 is 1.28 bits per heavy atom. The van der Waals surface area contributed by atoms with Gasteiger partial charge in [-0.2, -0.15) is 0 Å². The summed E-state index contributed by atoms with van der Waals surface area (Å²) >= 11 is 1.45. The van der Waals surface area contributed by atoms with Crippen molar-refractivity contribution in [1.29, 1.82) is 0 Å². The predicted octanol–water partition coefficient (Wildman–Crippen LogP) is 2.75. The van der Waals surface area contributed by atoms with E-state index < -0.39 is 12.0 Å². The molecule has 1 aromatic carbocycles. The summed E-state index contributed by atoms with van der Waals surface area (Å²) in [6.07, 6.45) is 1.58. The van der Waals surface area contributed by atoms with Gasteiger partial charge in [0.2, 0.25) is 0 Å². The SMILES string of the molecule is CC[C@@H](C(=O)[O-])n1cnc2sc(C)c(-c3ccc(C)c(C)c3)c2c1=O. The minimum absolute atomic E-state index is 0.261. The zero-order valence-electron chi connectivity index (χ0n) is 14.6. The zero-order valence-corrected chi connectivity index (χ0v) is 15.4. The van der Waals surface area contributed by atoms with E-state index in [4.69, 9.17) is 0 Å². The molecular formula is C19H19N2O3S-. The molecule has 0 saturated heterocycles. The lowest BCUT2D eigenvalue weighted by Gasteiger charge is -2.18. The largest absolute Gasteiger partial charge is 0.548 e. The summed E-state index contributed by atoms with van der Waals surface area (Å²) in [6.45, 7) is 7.73. The number of carbonyl (C=O) groups excluding carboxylic acids is 1. The number of hydrogen-bond donors (Lipinski definition) is 0. The van der Waals surface area contributed by atoms with Crippen molar-refractivity contribution in [2.75, 3.05) is 0 Å². The number of rotatable bonds is 4. The summed E-state index contributed by atoms with van der Waals surface area (Å²) < 4.78 is 1.17. The molecule has 2 heterocycles. The summed E-state index contributed by atoms with van der Waals surface area (Å²) in [7, 11) is 0. The molecule has 0 aliphatic rings. The third-order valence-corrected chi connectivity index (χ3v) is 5.62. The van der Waals surface area contributed by atoms with Crippen LogP contribution in [-0.2, 0) is 4.79 Å². The molecule has 130 valence electrons. The number of aromatic nitrogens is 2. The number of nitrogens with zero attached hydrogens (tertiary/aromatic N) is 2. The number of aryl methyl sites for hydroxylation is 3.